The van der Waals surface area contributed by atoms with E-state index in [1.807, 2.05) is 0 Å². The molecule has 1 nitrogen and oxygen atoms in total. The molecule has 0 aliphatic heterocycles. The molecule has 0 fully saturated rings. The average molecular weight is 241 g/mol. The Hall–Kier alpha value is -0.960. The maximum Gasteiger partial charge on any atom is 0.130 e. The summed E-state index contributed by atoms with van der Waals surface area (Å²) in [6, 6.07) is 3.78. The molecule has 0 amide bonds. The van der Waals surface area contributed by atoms with Crippen molar-refractivity contribution < 1.29 is 8.78 Å². The first kappa shape index (κ1) is 14.1. The third-order valence-electron chi connectivity index (χ3n) is 3.42. The summed E-state index contributed by atoms with van der Waals surface area (Å²) in [5.41, 5.74) is 0.168. The van der Waals surface area contributed by atoms with Gasteiger partial charge in [0.15, 0.2) is 0 Å². The van der Waals surface area contributed by atoms with Crippen LogP contribution in [0.2, 0.25) is 0 Å². The highest BCUT2D eigenvalue weighted by Crippen LogP contribution is 2.28. The van der Waals surface area contributed by atoms with Crippen LogP contribution in [0.1, 0.15) is 44.7 Å². The van der Waals surface area contributed by atoms with Gasteiger partial charge in [-0.3, -0.25) is 0 Å². The van der Waals surface area contributed by atoms with E-state index in [2.05, 4.69) is 19.2 Å². The molecule has 0 heterocycles. The summed E-state index contributed by atoms with van der Waals surface area (Å²) in [5, 5.41) is 3.02. The van der Waals surface area contributed by atoms with Gasteiger partial charge in [0.2, 0.25) is 0 Å². The van der Waals surface area contributed by atoms with E-state index in [0.717, 1.165) is 19.3 Å². The second-order valence-electron chi connectivity index (χ2n) is 4.39. The summed E-state index contributed by atoms with van der Waals surface area (Å²) in [4.78, 5) is 0. The van der Waals surface area contributed by atoms with E-state index in [4.69, 9.17) is 0 Å². The summed E-state index contributed by atoms with van der Waals surface area (Å²) in [7, 11) is 1.75. The number of halogens is 2. The van der Waals surface area contributed by atoms with Crippen LogP contribution in [0.25, 0.3) is 0 Å². The minimum absolute atomic E-state index is 0.168. The minimum Gasteiger partial charge on any atom is -0.313 e. The van der Waals surface area contributed by atoms with Crippen LogP contribution in [-0.2, 0) is 0 Å². The topological polar surface area (TPSA) is 12.0 Å². The molecule has 0 saturated heterocycles. The molecule has 96 valence electrons. The summed E-state index contributed by atoms with van der Waals surface area (Å²) in [6.07, 6.45) is 2.83. The predicted octanol–water partition coefficient (Wildman–Crippen LogP) is 4.05. The van der Waals surface area contributed by atoms with Gasteiger partial charge >= 0.3 is 0 Å². The van der Waals surface area contributed by atoms with Gasteiger partial charge in [-0.1, -0.05) is 32.8 Å². The van der Waals surface area contributed by atoms with Crippen molar-refractivity contribution in [1.29, 1.82) is 0 Å². The Bertz CT molecular complexity index is 328. The Labute approximate surface area is 102 Å². The van der Waals surface area contributed by atoms with Crippen molar-refractivity contribution in [3.63, 3.8) is 0 Å². The number of hydrogen-bond donors (Lipinski definition) is 1. The van der Waals surface area contributed by atoms with Crippen molar-refractivity contribution in [2.45, 2.75) is 39.2 Å². The van der Waals surface area contributed by atoms with Crippen molar-refractivity contribution >= 4 is 0 Å². The fourth-order valence-corrected chi connectivity index (χ4v) is 2.18. The van der Waals surface area contributed by atoms with Crippen LogP contribution in [0.4, 0.5) is 8.78 Å². The zero-order valence-electron chi connectivity index (χ0n) is 10.8. The van der Waals surface area contributed by atoms with Gasteiger partial charge in [0, 0.05) is 11.6 Å². The minimum atomic E-state index is -0.463. The Morgan fingerprint density at radius 1 is 1.12 bits per heavy atom. The molecular formula is C14H21F2N. The van der Waals surface area contributed by atoms with Crippen LogP contribution in [0.15, 0.2) is 18.2 Å². The van der Waals surface area contributed by atoms with Crippen molar-refractivity contribution in [2.75, 3.05) is 7.05 Å². The molecule has 1 N–H and O–H groups in total. The number of benzene rings is 1. The lowest BCUT2D eigenvalue weighted by atomic mass is 9.91. The average Bonchev–Trinajstić information content (AvgIpc) is 2.33. The van der Waals surface area contributed by atoms with Crippen molar-refractivity contribution in [3.8, 4) is 0 Å². The highest BCUT2D eigenvalue weighted by atomic mass is 19.1. The van der Waals surface area contributed by atoms with Crippen molar-refractivity contribution in [3.05, 3.63) is 35.4 Å². The van der Waals surface area contributed by atoms with E-state index < -0.39 is 11.6 Å². The highest BCUT2D eigenvalue weighted by molar-refractivity contribution is 5.23. The Morgan fingerprint density at radius 2 is 1.65 bits per heavy atom. The lowest BCUT2D eigenvalue weighted by molar-refractivity contribution is 0.368. The summed E-state index contributed by atoms with van der Waals surface area (Å²) >= 11 is 0. The Morgan fingerprint density at radius 3 is 2.06 bits per heavy atom. The standard InChI is InChI=1S/C14H21F2N/c1-4-10(5-2)9-13(17-3)14-11(15)7-6-8-12(14)16/h6-8,10,13,17H,4-5,9H2,1-3H3. The van der Waals surface area contributed by atoms with Crippen LogP contribution in [0, 0.1) is 17.6 Å². The zero-order chi connectivity index (χ0) is 12.8. The van der Waals surface area contributed by atoms with E-state index >= 15 is 0 Å². The molecule has 1 unspecified atom stereocenters. The number of hydrogen-bond acceptors (Lipinski definition) is 1. The van der Waals surface area contributed by atoms with E-state index in [1.54, 1.807) is 7.05 Å². The predicted molar refractivity (Wildman–Crippen MR) is 66.8 cm³/mol. The Balaban J connectivity index is 2.93. The van der Waals surface area contributed by atoms with Gasteiger partial charge in [0.1, 0.15) is 11.6 Å². The lowest BCUT2D eigenvalue weighted by Gasteiger charge is -2.22. The molecular weight excluding hydrogens is 220 g/mol. The molecule has 0 aromatic heterocycles. The van der Waals surface area contributed by atoms with Gasteiger partial charge in [0.05, 0.1) is 0 Å². The molecule has 0 aliphatic carbocycles. The lowest BCUT2D eigenvalue weighted by Crippen LogP contribution is -2.22. The molecule has 0 saturated carbocycles. The van der Waals surface area contributed by atoms with Gasteiger partial charge < -0.3 is 5.32 Å². The molecule has 0 aliphatic rings. The van der Waals surface area contributed by atoms with Gasteiger partial charge in [-0.05, 0) is 31.5 Å². The van der Waals surface area contributed by atoms with Gasteiger partial charge in [-0.15, -0.1) is 0 Å². The normalized spacial score (nSPS) is 13.1. The highest BCUT2D eigenvalue weighted by Gasteiger charge is 2.21. The third-order valence-corrected chi connectivity index (χ3v) is 3.42. The quantitative estimate of drug-likeness (QED) is 0.792. The first-order chi connectivity index (χ1) is 8.13. The van der Waals surface area contributed by atoms with E-state index in [1.165, 1.54) is 18.2 Å². The molecule has 1 aromatic rings. The second-order valence-corrected chi connectivity index (χ2v) is 4.39. The van der Waals surface area contributed by atoms with E-state index in [0.29, 0.717) is 5.92 Å². The zero-order valence-corrected chi connectivity index (χ0v) is 10.8. The van der Waals surface area contributed by atoms with Crippen LogP contribution < -0.4 is 5.32 Å². The largest absolute Gasteiger partial charge is 0.313 e. The first-order valence-corrected chi connectivity index (χ1v) is 6.25. The number of rotatable bonds is 6. The van der Waals surface area contributed by atoms with E-state index in [9.17, 15) is 8.78 Å². The Kier molecular flexibility index (Phi) is 5.56. The number of nitrogens with one attached hydrogen (secondary N) is 1. The molecule has 17 heavy (non-hydrogen) atoms. The van der Waals surface area contributed by atoms with Crippen molar-refractivity contribution in [2.24, 2.45) is 5.92 Å². The molecule has 1 aromatic carbocycles. The van der Waals surface area contributed by atoms with Gasteiger partial charge in [-0.2, -0.15) is 0 Å². The summed E-state index contributed by atoms with van der Waals surface area (Å²) < 4.78 is 27.3. The monoisotopic (exact) mass is 241 g/mol. The first-order valence-electron chi connectivity index (χ1n) is 6.25. The summed E-state index contributed by atoms with van der Waals surface area (Å²) in [5.74, 6) is -0.433. The molecule has 1 rings (SSSR count). The summed E-state index contributed by atoms with van der Waals surface area (Å²) in [6.45, 7) is 4.22. The third kappa shape index (κ3) is 3.50. The molecule has 0 bridgehead atoms. The van der Waals surface area contributed by atoms with Crippen LogP contribution in [0.3, 0.4) is 0 Å². The molecule has 1 atom stereocenters. The second kappa shape index (κ2) is 6.70. The van der Waals surface area contributed by atoms with Crippen LogP contribution >= 0.6 is 0 Å². The van der Waals surface area contributed by atoms with E-state index in [-0.39, 0.29) is 11.6 Å². The van der Waals surface area contributed by atoms with Gasteiger partial charge in [0.25, 0.3) is 0 Å². The fourth-order valence-electron chi connectivity index (χ4n) is 2.18. The van der Waals surface area contributed by atoms with Crippen LogP contribution in [0.5, 0.6) is 0 Å². The maximum absolute atomic E-state index is 13.7. The maximum atomic E-state index is 13.7. The SMILES string of the molecule is CCC(CC)CC(NC)c1c(F)cccc1F. The van der Waals surface area contributed by atoms with Crippen LogP contribution in [-0.4, -0.2) is 7.05 Å². The smallest absolute Gasteiger partial charge is 0.130 e. The molecule has 0 radical (unpaired) electrons. The van der Waals surface area contributed by atoms with Gasteiger partial charge in [-0.25, -0.2) is 8.78 Å². The fraction of sp³-hybridized carbons (Fsp3) is 0.571. The molecule has 3 heteroatoms. The van der Waals surface area contributed by atoms with Crippen molar-refractivity contribution in [1.82, 2.24) is 5.32 Å². The molecule has 0 spiro atoms.